The van der Waals surface area contributed by atoms with E-state index in [0.717, 1.165) is 41.9 Å². The quantitative estimate of drug-likeness (QED) is 0.288. The number of carboxylic acids is 3. The molecule has 4 rings (SSSR count). The molecule has 0 aromatic heterocycles. The summed E-state index contributed by atoms with van der Waals surface area (Å²) in [5.74, 6) is -4.59. The van der Waals surface area contributed by atoms with Gasteiger partial charge in [-0.15, -0.1) is 0 Å². The molecule has 0 aliphatic heterocycles. The molecular weight excluding hydrogens is 502 g/mol. The standard InChI is InChI=1S/C30H29NO8/c32-27(22-17-24(29(35)36)25(30(37)38)18-23(22)28(33)34)31(15-6-7-16-39-20-11-2-1-3-12-20)26-14-8-10-19-9-4-5-13-21(19)26/h1-5,9,11-13,17-18,26H,6-8,10,14-16H2,(H,33,34)(H,35,36)(H,37,38)/t26-/m0/s1. The zero-order valence-electron chi connectivity index (χ0n) is 21.2. The van der Waals surface area contributed by atoms with E-state index in [1.165, 1.54) is 0 Å². The van der Waals surface area contributed by atoms with Crippen LogP contribution in [0.2, 0.25) is 0 Å². The zero-order valence-corrected chi connectivity index (χ0v) is 21.2. The number of benzene rings is 3. The first kappa shape index (κ1) is 27.4. The fourth-order valence-corrected chi connectivity index (χ4v) is 5.00. The number of hydrogen-bond donors (Lipinski definition) is 3. The maximum absolute atomic E-state index is 14.0. The lowest BCUT2D eigenvalue weighted by Crippen LogP contribution is -2.38. The molecule has 0 spiro atoms. The Hall–Kier alpha value is -4.66. The van der Waals surface area contributed by atoms with Crippen LogP contribution in [0.15, 0.2) is 66.7 Å². The van der Waals surface area contributed by atoms with Crippen molar-refractivity contribution >= 4 is 23.8 Å². The highest BCUT2D eigenvalue weighted by Gasteiger charge is 2.33. The number of aromatic carboxylic acids is 3. The van der Waals surface area contributed by atoms with Crippen molar-refractivity contribution in [3.8, 4) is 5.75 Å². The van der Waals surface area contributed by atoms with Gasteiger partial charge in [0.05, 0.1) is 34.9 Å². The molecule has 0 saturated heterocycles. The Morgan fingerprint density at radius 3 is 2.03 bits per heavy atom. The Bertz CT molecular complexity index is 1380. The van der Waals surface area contributed by atoms with Crippen LogP contribution in [-0.4, -0.2) is 57.2 Å². The molecule has 3 aromatic rings. The van der Waals surface area contributed by atoms with Crippen LogP contribution in [0.1, 0.15) is 84.3 Å². The number of ether oxygens (including phenoxy) is 1. The van der Waals surface area contributed by atoms with Gasteiger partial charge < -0.3 is 25.0 Å². The van der Waals surface area contributed by atoms with Crippen molar-refractivity contribution in [1.29, 1.82) is 0 Å². The number of rotatable bonds is 11. The van der Waals surface area contributed by atoms with Crippen LogP contribution < -0.4 is 4.74 Å². The molecular formula is C30H29NO8. The third-order valence-electron chi connectivity index (χ3n) is 6.86. The molecule has 1 aliphatic carbocycles. The lowest BCUT2D eigenvalue weighted by Gasteiger charge is -2.36. The van der Waals surface area contributed by atoms with Crippen LogP contribution in [0.25, 0.3) is 0 Å². The zero-order chi connectivity index (χ0) is 27.9. The van der Waals surface area contributed by atoms with E-state index in [1.807, 2.05) is 54.6 Å². The molecule has 1 atom stereocenters. The summed E-state index contributed by atoms with van der Waals surface area (Å²) >= 11 is 0. The van der Waals surface area contributed by atoms with Crippen molar-refractivity contribution < 1.29 is 39.2 Å². The van der Waals surface area contributed by atoms with Crippen LogP contribution in [0.4, 0.5) is 0 Å². The van der Waals surface area contributed by atoms with Crippen molar-refractivity contribution in [3.05, 3.63) is 100 Å². The first-order chi connectivity index (χ1) is 18.8. The van der Waals surface area contributed by atoms with Crippen molar-refractivity contribution in [2.45, 2.75) is 38.1 Å². The monoisotopic (exact) mass is 531 g/mol. The molecule has 202 valence electrons. The van der Waals surface area contributed by atoms with E-state index in [-0.39, 0.29) is 18.2 Å². The topological polar surface area (TPSA) is 141 Å². The lowest BCUT2D eigenvalue weighted by atomic mass is 9.86. The molecule has 0 radical (unpaired) electrons. The number of para-hydroxylation sites is 1. The molecule has 1 amide bonds. The van der Waals surface area contributed by atoms with E-state index < -0.39 is 40.5 Å². The van der Waals surface area contributed by atoms with E-state index in [2.05, 4.69) is 0 Å². The fraction of sp³-hybridized carbons (Fsp3) is 0.267. The number of aryl methyl sites for hydroxylation is 1. The van der Waals surface area contributed by atoms with Gasteiger partial charge >= 0.3 is 17.9 Å². The molecule has 0 saturated carbocycles. The highest BCUT2D eigenvalue weighted by Crippen LogP contribution is 2.36. The highest BCUT2D eigenvalue weighted by molar-refractivity contribution is 6.10. The number of fused-ring (bicyclic) bond motifs is 1. The summed E-state index contributed by atoms with van der Waals surface area (Å²) in [5.41, 5.74) is -0.169. The summed E-state index contributed by atoms with van der Waals surface area (Å²) in [6, 6.07) is 18.4. The van der Waals surface area contributed by atoms with E-state index in [0.29, 0.717) is 25.9 Å². The van der Waals surface area contributed by atoms with Crippen molar-refractivity contribution in [1.82, 2.24) is 4.90 Å². The number of nitrogens with zero attached hydrogens (tertiary/aromatic N) is 1. The summed E-state index contributed by atoms with van der Waals surface area (Å²) in [6.07, 6.45) is 3.52. The van der Waals surface area contributed by atoms with Gasteiger partial charge in [0.15, 0.2) is 0 Å². The molecule has 0 bridgehead atoms. The van der Waals surface area contributed by atoms with Gasteiger partial charge in [0, 0.05) is 6.54 Å². The van der Waals surface area contributed by atoms with Gasteiger partial charge in [-0.25, -0.2) is 14.4 Å². The number of carboxylic acid groups (broad SMARTS) is 3. The number of unbranched alkanes of at least 4 members (excludes halogenated alkanes) is 1. The third-order valence-corrected chi connectivity index (χ3v) is 6.86. The Morgan fingerprint density at radius 1 is 0.769 bits per heavy atom. The summed E-state index contributed by atoms with van der Waals surface area (Å²) in [5, 5.41) is 28.9. The second-order valence-corrected chi connectivity index (χ2v) is 9.33. The largest absolute Gasteiger partial charge is 0.494 e. The van der Waals surface area contributed by atoms with E-state index in [4.69, 9.17) is 4.74 Å². The Balaban J connectivity index is 1.67. The SMILES string of the molecule is O=C(O)c1cc(C(=O)O)c(C(=O)N(CCCCOc2ccccc2)[C@H]2CCCc3ccccc32)cc1C(=O)O. The van der Waals surface area contributed by atoms with E-state index in [9.17, 15) is 34.5 Å². The van der Waals surface area contributed by atoms with Gasteiger partial charge in [0.1, 0.15) is 5.75 Å². The number of amides is 1. The maximum Gasteiger partial charge on any atom is 0.336 e. The van der Waals surface area contributed by atoms with Gasteiger partial charge in [-0.05, 0) is 67.5 Å². The van der Waals surface area contributed by atoms with E-state index in [1.54, 1.807) is 4.90 Å². The van der Waals surface area contributed by atoms with Crippen LogP contribution in [0.3, 0.4) is 0 Å². The fourth-order valence-electron chi connectivity index (χ4n) is 5.00. The van der Waals surface area contributed by atoms with Gasteiger partial charge in [0.2, 0.25) is 0 Å². The van der Waals surface area contributed by atoms with Crippen LogP contribution >= 0.6 is 0 Å². The first-order valence-electron chi connectivity index (χ1n) is 12.7. The molecule has 0 unspecified atom stereocenters. The molecule has 3 N–H and O–H groups in total. The summed E-state index contributed by atoms with van der Waals surface area (Å²) < 4.78 is 5.76. The Labute approximate surface area is 225 Å². The second-order valence-electron chi connectivity index (χ2n) is 9.33. The summed E-state index contributed by atoms with van der Waals surface area (Å²) in [4.78, 5) is 51.2. The van der Waals surface area contributed by atoms with E-state index >= 15 is 0 Å². The average Bonchev–Trinajstić information content (AvgIpc) is 2.94. The molecule has 3 aromatic carbocycles. The van der Waals surface area contributed by atoms with Crippen molar-refractivity contribution in [2.24, 2.45) is 0 Å². The second kappa shape index (κ2) is 12.3. The van der Waals surface area contributed by atoms with Gasteiger partial charge in [0.25, 0.3) is 5.91 Å². The van der Waals surface area contributed by atoms with Crippen LogP contribution in [-0.2, 0) is 6.42 Å². The van der Waals surface area contributed by atoms with Crippen molar-refractivity contribution in [2.75, 3.05) is 13.2 Å². The number of carbonyl (C=O) groups is 4. The molecule has 1 aliphatic rings. The Kier molecular flexibility index (Phi) is 8.60. The lowest BCUT2D eigenvalue weighted by molar-refractivity contribution is 0.0618. The molecule has 0 fully saturated rings. The maximum atomic E-state index is 14.0. The van der Waals surface area contributed by atoms with Crippen molar-refractivity contribution in [3.63, 3.8) is 0 Å². The predicted octanol–water partition coefficient (Wildman–Crippen LogP) is 5.16. The normalized spacial score (nSPS) is 14.2. The van der Waals surface area contributed by atoms with Gasteiger partial charge in [-0.1, -0.05) is 42.5 Å². The first-order valence-corrected chi connectivity index (χ1v) is 12.7. The highest BCUT2D eigenvalue weighted by atomic mass is 16.5. The minimum absolute atomic E-state index is 0.276. The van der Waals surface area contributed by atoms with Gasteiger partial charge in [-0.3, -0.25) is 4.79 Å². The average molecular weight is 532 g/mol. The predicted molar refractivity (Wildman–Crippen MR) is 142 cm³/mol. The minimum Gasteiger partial charge on any atom is -0.494 e. The number of carbonyl (C=O) groups excluding carboxylic acids is 1. The molecule has 9 nitrogen and oxygen atoms in total. The molecule has 0 heterocycles. The number of hydrogen-bond acceptors (Lipinski definition) is 5. The smallest absolute Gasteiger partial charge is 0.336 e. The summed E-state index contributed by atoms with van der Waals surface area (Å²) in [6.45, 7) is 0.697. The van der Waals surface area contributed by atoms with Gasteiger partial charge in [-0.2, -0.15) is 0 Å². The third kappa shape index (κ3) is 6.26. The Morgan fingerprint density at radius 2 is 1.36 bits per heavy atom. The minimum atomic E-state index is -1.59. The van der Waals surface area contributed by atoms with Crippen LogP contribution in [0.5, 0.6) is 5.75 Å². The molecule has 9 heteroatoms. The molecule has 39 heavy (non-hydrogen) atoms. The summed E-state index contributed by atoms with van der Waals surface area (Å²) in [7, 11) is 0. The van der Waals surface area contributed by atoms with Crippen LogP contribution in [0, 0.1) is 0 Å².